The lowest BCUT2D eigenvalue weighted by molar-refractivity contribution is -0.138. The number of rotatable bonds is 9. The summed E-state index contributed by atoms with van der Waals surface area (Å²) in [5, 5.41) is 2.13. The fourth-order valence-corrected chi connectivity index (χ4v) is 6.98. The molecular weight excluding hydrogens is 625 g/mol. The zero-order valence-electron chi connectivity index (χ0n) is 26.7. The predicted molar refractivity (Wildman–Crippen MR) is 186 cm³/mol. The van der Waals surface area contributed by atoms with E-state index in [0.717, 1.165) is 17.5 Å². The Labute approximate surface area is 281 Å². The van der Waals surface area contributed by atoms with Crippen molar-refractivity contribution >= 4 is 22.7 Å². The maximum Gasteiger partial charge on any atom is 0.405 e. The Kier molecular flexibility index (Phi) is 8.28. The van der Waals surface area contributed by atoms with Gasteiger partial charge < -0.3 is 11.2 Å². The molecule has 0 spiro atoms. The van der Waals surface area contributed by atoms with Gasteiger partial charge in [0.1, 0.15) is 6.54 Å². The molecule has 7 rings (SSSR count). The number of unbranched alkanes of at least 4 members (excludes halogenated alkanes) is 1. The van der Waals surface area contributed by atoms with Crippen molar-refractivity contribution in [1.82, 2.24) is 15.0 Å². The smallest absolute Gasteiger partial charge is 0.346 e. The number of aromatic nitrogens is 2. The SMILES string of the molecule is CCCCc1c(-c2nc3ccccc3n2N)c(C(=O)c2ccccc2-c2ccccc2)cc2c1C(C(=O)NCC(F)(F)F)c1ccccc1-2. The Hall–Kier alpha value is -5.70. The van der Waals surface area contributed by atoms with E-state index >= 15 is 4.79 Å². The zero-order valence-corrected chi connectivity index (χ0v) is 26.7. The van der Waals surface area contributed by atoms with Gasteiger partial charge in [0, 0.05) is 16.7 Å². The van der Waals surface area contributed by atoms with Crippen molar-refractivity contribution in [3.8, 4) is 33.6 Å². The van der Waals surface area contributed by atoms with Crippen LogP contribution in [-0.4, -0.2) is 34.1 Å². The Morgan fingerprint density at radius 1 is 0.837 bits per heavy atom. The minimum Gasteiger partial charge on any atom is -0.346 e. The molecule has 0 bridgehead atoms. The number of nitrogens with zero attached hydrogens (tertiary/aromatic N) is 2. The van der Waals surface area contributed by atoms with E-state index in [1.807, 2.05) is 91.9 Å². The molecule has 1 aliphatic carbocycles. The van der Waals surface area contributed by atoms with E-state index in [1.165, 1.54) is 4.68 Å². The summed E-state index contributed by atoms with van der Waals surface area (Å²) in [5.41, 5.74) is 7.34. The monoisotopic (exact) mass is 658 g/mol. The molecule has 49 heavy (non-hydrogen) atoms. The van der Waals surface area contributed by atoms with Crippen LogP contribution in [0.4, 0.5) is 13.2 Å². The molecule has 5 aromatic carbocycles. The number of fused-ring (bicyclic) bond motifs is 4. The van der Waals surface area contributed by atoms with E-state index in [-0.39, 0.29) is 5.78 Å². The summed E-state index contributed by atoms with van der Waals surface area (Å²) in [4.78, 5) is 33.8. The van der Waals surface area contributed by atoms with Gasteiger partial charge in [0.15, 0.2) is 11.6 Å². The quantitative estimate of drug-likeness (QED) is 0.121. The minimum absolute atomic E-state index is 0.260. The molecule has 0 saturated heterocycles. The number of halogens is 3. The van der Waals surface area contributed by atoms with Gasteiger partial charge in [0.05, 0.1) is 17.0 Å². The van der Waals surface area contributed by atoms with Gasteiger partial charge in [-0.3, -0.25) is 9.59 Å². The molecule has 1 amide bonds. The van der Waals surface area contributed by atoms with Crippen LogP contribution in [-0.2, 0) is 11.2 Å². The van der Waals surface area contributed by atoms with Crippen molar-refractivity contribution in [1.29, 1.82) is 0 Å². The number of nitrogens with two attached hydrogens (primary N) is 1. The minimum atomic E-state index is -4.58. The molecule has 6 nitrogen and oxygen atoms in total. The highest BCUT2D eigenvalue weighted by molar-refractivity contribution is 6.17. The maximum absolute atomic E-state index is 15.0. The van der Waals surface area contributed by atoms with E-state index in [9.17, 15) is 18.0 Å². The second-order valence-electron chi connectivity index (χ2n) is 12.2. The van der Waals surface area contributed by atoms with Crippen LogP contribution in [0.2, 0.25) is 0 Å². The number of nitrogen functional groups attached to an aromatic ring is 1. The number of nitrogens with one attached hydrogen (secondary N) is 1. The van der Waals surface area contributed by atoms with Crippen molar-refractivity contribution in [2.24, 2.45) is 0 Å². The normalized spacial score (nSPS) is 13.7. The highest BCUT2D eigenvalue weighted by Crippen LogP contribution is 2.51. The average Bonchev–Trinajstić information content (AvgIpc) is 3.63. The van der Waals surface area contributed by atoms with E-state index in [4.69, 9.17) is 10.8 Å². The number of imidazole rings is 1. The van der Waals surface area contributed by atoms with Crippen LogP contribution in [0, 0.1) is 0 Å². The highest BCUT2D eigenvalue weighted by Gasteiger charge is 2.40. The number of carbonyl (C=O) groups is 2. The number of alkyl halides is 3. The van der Waals surface area contributed by atoms with Gasteiger partial charge in [-0.05, 0) is 70.0 Å². The van der Waals surface area contributed by atoms with Gasteiger partial charge in [0.2, 0.25) is 5.91 Å². The lowest BCUT2D eigenvalue weighted by atomic mass is 9.82. The van der Waals surface area contributed by atoms with Crippen molar-refractivity contribution in [3.63, 3.8) is 0 Å². The molecule has 6 aromatic rings. The average molecular weight is 659 g/mol. The van der Waals surface area contributed by atoms with Crippen LogP contribution >= 0.6 is 0 Å². The topological polar surface area (TPSA) is 90.0 Å². The van der Waals surface area contributed by atoms with E-state index < -0.39 is 24.5 Å². The summed E-state index contributed by atoms with van der Waals surface area (Å²) >= 11 is 0. The standard InChI is InChI=1S/C40H33F3N4O2/c1-2-3-15-29-34-30(26-17-8-9-18-27(26)36(34)39(49)45-23-40(41,42)43)22-31(35(29)38-46-32-20-11-12-21-33(32)47(38)44)37(48)28-19-10-7-16-25(28)24-13-5-4-6-14-24/h4-14,16-22,36H,2-3,15,23,44H2,1H3,(H,45,49). The number of ketones is 1. The fourth-order valence-electron chi connectivity index (χ4n) is 6.98. The molecule has 246 valence electrons. The molecule has 1 aromatic heterocycles. The largest absolute Gasteiger partial charge is 0.405 e. The van der Waals surface area contributed by atoms with Crippen molar-refractivity contribution in [3.05, 3.63) is 137 Å². The molecule has 0 aliphatic heterocycles. The second kappa shape index (κ2) is 12.7. The number of benzene rings is 5. The Morgan fingerprint density at radius 2 is 1.51 bits per heavy atom. The zero-order chi connectivity index (χ0) is 34.3. The Bertz CT molecular complexity index is 2220. The maximum atomic E-state index is 15.0. The molecule has 1 aliphatic rings. The fraction of sp³-hybridized carbons (Fsp3) is 0.175. The summed E-state index contributed by atoms with van der Waals surface area (Å²) in [6, 6.07) is 33.4. The van der Waals surface area contributed by atoms with Crippen LogP contribution in [0.1, 0.15) is 58.3 Å². The Morgan fingerprint density at radius 3 is 2.24 bits per heavy atom. The molecule has 1 unspecified atom stereocenters. The number of hydrogen-bond donors (Lipinski definition) is 2. The van der Waals surface area contributed by atoms with Crippen LogP contribution in [0.25, 0.3) is 44.7 Å². The van der Waals surface area contributed by atoms with Gasteiger partial charge in [-0.15, -0.1) is 0 Å². The van der Waals surface area contributed by atoms with Crippen molar-refractivity contribution in [2.75, 3.05) is 12.4 Å². The van der Waals surface area contributed by atoms with E-state index in [1.54, 1.807) is 24.3 Å². The molecule has 0 fully saturated rings. The molecule has 1 atom stereocenters. The first kappa shape index (κ1) is 31.9. The Balaban J connectivity index is 1.55. The lowest BCUT2D eigenvalue weighted by Crippen LogP contribution is -2.37. The summed E-state index contributed by atoms with van der Waals surface area (Å²) in [6.45, 7) is 0.577. The highest BCUT2D eigenvalue weighted by atomic mass is 19.4. The number of para-hydroxylation sites is 2. The van der Waals surface area contributed by atoms with E-state index in [0.29, 0.717) is 74.2 Å². The second-order valence-corrected chi connectivity index (χ2v) is 12.2. The number of amides is 1. The van der Waals surface area contributed by atoms with Crippen LogP contribution in [0.15, 0.2) is 109 Å². The summed E-state index contributed by atoms with van der Waals surface area (Å²) in [6.07, 6.45) is -2.66. The molecule has 9 heteroatoms. The van der Waals surface area contributed by atoms with Crippen LogP contribution in [0.3, 0.4) is 0 Å². The summed E-state index contributed by atoms with van der Waals surface area (Å²) in [7, 11) is 0. The van der Waals surface area contributed by atoms with Gasteiger partial charge in [-0.1, -0.05) is 104 Å². The predicted octanol–water partition coefficient (Wildman–Crippen LogP) is 8.45. The third-order valence-corrected chi connectivity index (χ3v) is 9.15. The van der Waals surface area contributed by atoms with Crippen molar-refractivity contribution < 1.29 is 22.8 Å². The molecule has 0 saturated carbocycles. The van der Waals surface area contributed by atoms with Crippen LogP contribution in [0.5, 0.6) is 0 Å². The van der Waals surface area contributed by atoms with Gasteiger partial charge in [-0.2, -0.15) is 13.2 Å². The molecule has 1 heterocycles. The number of carbonyl (C=O) groups excluding carboxylic acids is 2. The first-order valence-corrected chi connectivity index (χ1v) is 16.2. The van der Waals surface area contributed by atoms with Gasteiger partial charge in [-0.25, -0.2) is 9.66 Å². The molecular formula is C40H33F3N4O2. The van der Waals surface area contributed by atoms with Gasteiger partial charge in [0.25, 0.3) is 0 Å². The first-order chi connectivity index (χ1) is 23.7. The van der Waals surface area contributed by atoms with Gasteiger partial charge >= 0.3 is 6.18 Å². The van der Waals surface area contributed by atoms with E-state index in [2.05, 4.69) is 5.32 Å². The molecule has 3 N–H and O–H groups in total. The number of hydrogen-bond acceptors (Lipinski definition) is 4. The van der Waals surface area contributed by atoms with Crippen LogP contribution < -0.4 is 11.2 Å². The lowest BCUT2D eigenvalue weighted by Gasteiger charge is -2.23. The molecule has 0 radical (unpaired) electrons. The third kappa shape index (κ3) is 5.75. The third-order valence-electron chi connectivity index (χ3n) is 9.15. The van der Waals surface area contributed by atoms with Crippen molar-refractivity contribution in [2.45, 2.75) is 38.3 Å². The summed E-state index contributed by atoms with van der Waals surface area (Å²) in [5.74, 6) is 5.04. The summed E-state index contributed by atoms with van der Waals surface area (Å²) < 4.78 is 41.5. The first-order valence-electron chi connectivity index (χ1n) is 16.2.